The Kier molecular flexibility index (Phi) is 5.34. The first-order valence-corrected chi connectivity index (χ1v) is 6.08. The molecule has 1 unspecified atom stereocenters. The quantitative estimate of drug-likeness (QED) is 0.860. The van der Waals surface area contributed by atoms with Crippen LogP contribution in [0.25, 0.3) is 0 Å². The van der Waals surface area contributed by atoms with Crippen LogP contribution in [-0.2, 0) is 4.79 Å². The molecule has 1 aromatic carbocycles. The summed E-state index contributed by atoms with van der Waals surface area (Å²) >= 11 is 0. The third kappa shape index (κ3) is 3.57. The van der Waals surface area contributed by atoms with E-state index in [-0.39, 0.29) is 11.8 Å². The van der Waals surface area contributed by atoms with E-state index in [1.807, 2.05) is 19.9 Å². The lowest BCUT2D eigenvalue weighted by atomic mass is 10.1. The number of nitrogens with zero attached hydrogens (tertiary/aromatic N) is 2. The number of carbonyl (C=O) groups excluding carboxylic acids is 1. The first kappa shape index (κ1) is 14.2. The van der Waals surface area contributed by atoms with Gasteiger partial charge in [-0.1, -0.05) is 19.9 Å². The lowest BCUT2D eigenvalue weighted by Crippen LogP contribution is -2.36. The van der Waals surface area contributed by atoms with Gasteiger partial charge in [0.2, 0.25) is 5.91 Å². The SMILES string of the molecule is CCNCC(C)C(=O)N(C)c1cccc(C#N)c1. The van der Waals surface area contributed by atoms with Crippen LogP contribution in [0.3, 0.4) is 0 Å². The van der Waals surface area contributed by atoms with E-state index in [0.717, 1.165) is 12.2 Å². The summed E-state index contributed by atoms with van der Waals surface area (Å²) in [6, 6.07) is 9.14. The molecule has 1 amide bonds. The molecule has 1 N–H and O–H groups in total. The van der Waals surface area contributed by atoms with E-state index in [9.17, 15) is 4.79 Å². The maximum absolute atomic E-state index is 12.2. The molecule has 0 spiro atoms. The van der Waals surface area contributed by atoms with Crippen molar-refractivity contribution in [3.8, 4) is 6.07 Å². The number of nitrogens with one attached hydrogen (secondary N) is 1. The smallest absolute Gasteiger partial charge is 0.230 e. The predicted molar refractivity (Wildman–Crippen MR) is 72.3 cm³/mol. The molecule has 1 atom stereocenters. The fourth-order valence-electron chi connectivity index (χ4n) is 1.69. The van der Waals surface area contributed by atoms with Gasteiger partial charge in [-0.15, -0.1) is 0 Å². The molecule has 0 radical (unpaired) electrons. The van der Waals surface area contributed by atoms with E-state index in [1.54, 1.807) is 30.1 Å². The fourth-order valence-corrected chi connectivity index (χ4v) is 1.69. The van der Waals surface area contributed by atoms with Crippen molar-refractivity contribution in [3.63, 3.8) is 0 Å². The Morgan fingerprint density at radius 2 is 2.28 bits per heavy atom. The van der Waals surface area contributed by atoms with Crippen molar-refractivity contribution in [2.45, 2.75) is 13.8 Å². The van der Waals surface area contributed by atoms with Gasteiger partial charge in [-0.05, 0) is 24.7 Å². The largest absolute Gasteiger partial charge is 0.316 e. The summed E-state index contributed by atoms with van der Waals surface area (Å²) in [5.74, 6) is -0.0354. The monoisotopic (exact) mass is 245 g/mol. The lowest BCUT2D eigenvalue weighted by Gasteiger charge is -2.21. The zero-order valence-corrected chi connectivity index (χ0v) is 11.1. The topological polar surface area (TPSA) is 56.1 Å². The number of nitriles is 1. The Bertz CT molecular complexity index is 451. The van der Waals surface area contributed by atoms with Crippen LogP contribution in [0.2, 0.25) is 0 Å². The summed E-state index contributed by atoms with van der Waals surface area (Å²) in [5, 5.41) is 12.0. The Balaban J connectivity index is 2.76. The molecule has 0 heterocycles. The fraction of sp³-hybridized carbons (Fsp3) is 0.429. The molecule has 0 aliphatic heterocycles. The average Bonchev–Trinajstić information content (AvgIpc) is 2.43. The molecule has 0 fully saturated rings. The number of anilines is 1. The Hall–Kier alpha value is -1.86. The summed E-state index contributed by atoms with van der Waals surface area (Å²) in [4.78, 5) is 13.8. The highest BCUT2D eigenvalue weighted by Crippen LogP contribution is 2.16. The third-order valence-corrected chi connectivity index (χ3v) is 2.82. The van der Waals surface area contributed by atoms with E-state index in [4.69, 9.17) is 5.26 Å². The Morgan fingerprint density at radius 3 is 2.89 bits per heavy atom. The maximum Gasteiger partial charge on any atom is 0.230 e. The van der Waals surface area contributed by atoms with E-state index in [1.165, 1.54) is 0 Å². The van der Waals surface area contributed by atoms with E-state index >= 15 is 0 Å². The third-order valence-electron chi connectivity index (χ3n) is 2.82. The molecule has 0 saturated heterocycles. The minimum Gasteiger partial charge on any atom is -0.316 e. The molecule has 0 aliphatic carbocycles. The average molecular weight is 245 g/mol. The molecule has 18 heavy (non-hydrogen) atoms. The molecule has 4 nitrogen and oxygen atoms in total. The summed E-state index contributed by atoms with van der Waals surface area (Å²) in [6.45, 7) is 5.43. The summed E-state index contributed by atoms with van der Waals surface area (Å²) in [6.07, 6.45) is 0. The highest BCUT2D eigenvalue weighted by molar-refractivity contribution is 5.94. The summed E-state index contributed by atoms with van der Waals surface area (Å²) in [7, 11) is 1.74. The van der Waals surface area contributed by atoms with Crippen LogP contribution >= 0.6 is 0 Å². The van der Waals surface area contributed by atoms with Gasteiger partial charge in [0.15, 0.2) is 0 Å². The molecule has 96 valence electrons. The number of benzene rings is 1. The zero-order chi connectivity index (χ0) is 13.5. The molecule has 0 bridgehead atoms. The van der Waals surface area contributed by atoms with Crippen LogP contribution in [0.4, 0.5) is 5.69 Å². The van der Waals surface area contributed by atoms with Crippen LogP contribution < -0.4 is 10.2 Å². The van der Waals surface area contributed by atoms with Crippen molar-refractivity contribution in [1.29, 1.82) is 5.26 Å². The molecular weight excluding hydrogens is 226 g/mol. The lowest BCUT2D eigenvalue weighted by molar-refractivity contribution is -0.121. The van der Waals surface area contributed by atoms with Gasteiger partial charge in [-0.25, -0.2) is 0 Å². The van der Waals surface area contributed by atoms with Crippen molar-refractivity contribution >= 4 is 11.6 Å². The van der Waals surface area contributed by atoms with Gasteiger partial charge < -0.3 is 10.2 Å². The van der Waals surface area contributed by atoms with Gasteiger partial charge in [0.05, 0.1) is 11.6 Å². The number of amides is 1. The summed E-state index contributed by atoms with van der Waals surface area (Å²) in [5.41, 5.74) is 1.31. The minimum absolute atomic E-state index is 0.0473. The molecular formula is C14H19N3O. The molecule has 1 aromatic rings. The summed E-state index contributed by atoms with van der Waals surface area (Å²) < 4.78 is 0. The van der Waals surface area contributed by atoms with Crippen molar-refractivity contribution in [2.75, 3.05) is 25.0 Å². The predicted octanol–water partition coefficient (Wildman–Crippen LogP) is 1.77. The highest BCUT2D eigenvalue weighted by Gasteiger charge is 2.18. The van der Waals surface area contributed by atoms with Crippen LogP contribution in [0.1, 0.15) is 19.4 Å². The van der Waals surface area contributed by atoms with Crippen molar-refractivity contribution in [1.82, 2.24) is 5.32 Å². The van der Waals surface area contributed by atoms with Gasteiger partial charge in [0, 0.05) is 25.2 Å². The van der Waals surface area contributed by atoms with Gasteiger partial charge in [0.25, 0.3) is 0 Å². The van der Waals surface area contributed by atoms with E-state index < -0.39 is 0 Å². The normalized spacial score (nSPS) is 11.7. The molecule has 0 aromatic heterocycles. The van der Waals surface area contributed by atoms with Crippen molar-refractivity contribution in [2.24, 2.45) is 5.92 Å². The number of rotatable bonds is 5. The molecule has 1 rings (SSSR count). The van der Waals surface area contributed by atoms with Gasteiger partial charge >= 0.3 is 0 Å². The Labute approximate surface area is 108 Å². The zero-order valence-electron chi connectivity index (χ0n) is 11.1. The molecule has 0 saturated carbocycles. The first-order valence-electron chi connectivity index (χ1n) is 6.08. The van der Waals surface area contributed by atoms with Crippen LogP contribution in [0.15, 0.2) is 24.3 Å². The van der Waals surface area contributed by atoms with Crippen molar-refractivity contribution < 1.29 is 4.79 Å². The second kappa shape index (κ2) is 6.77. The number of carbonyl (C=O) groups is 1. The van der Waals surface area contributed by atoms with Crippen LogP contribution in [-0.4, -0.2) is 26.0 Å². The molecule has 4 heteroatoms. The standard InChI is InChI=1S/C14H19N3O/c1-4-16-10-11(2)14(18)17(3)13-7-5-6-12(8-13)9-15/h5-8,11,16H,4,10H2,1-3H3. The van der Waals surface area contributed by atoms with Gasteiger partial charge in [-0.3, -0.25) is 4.79 Å². The van der Waals surface area contributed by atoms with E-state index in [2.05, 4.69) is 11.4 Å². The highest BCUT2D eigenvalue weighted by atomic mass is 16.2. The van der Waals surface area contributed by atoms with Gasteiger partial charge in [-0.2, -0.15) is 5.26 Å². The van der Waals surface area contributed by atoms with Crippen molar-refractivity contribution in [3.05, 3.63) is 29.8 Å². The maximum atomic E-state index is 12.2. The first-order chi connectivity index (χ1) is 8.60. The van der Waals surface area contributed by atoms with Gasteiger partial charge in [0.1, 0.15) is 0 Å². The Morgan fingerprint density at radius 1 is 1.56 bits per heavy atom. The van der Waals surface area contributed by atoms with Crippen LogP contribution in [0, 0.1) is 17.2 Å². The second-order valence-corrected chi connectivity index (χ2v) is 4.27. The minimum atomic E-state index is -0.0827. The number of hydrogen-bond acceptors (Lipinski definition) is 3. The van der Waals surface area contributed by atoms with E-state index in [0.29, 0.717) is 12.1 Å². The van der Waals surface area contributed by atoms with Crippen LogP contribution in [0.5, 0.6) is 0 Å². The molecule has 0 aliphatic rings. The number of hydrogen-bond donors (Lipinski definition) is 1. The second-order valence-electron chi connectivity index (χ2n) is 4.27.